The number of halogens is 1. The van der Waals surface area contributed by atoms with Gasteiger partial charge in [0.15, 0.2) is 0 Å². The van der Waals surface area contributed by atoms with Crippen molar-refractivity contribution in [3.05, 3.63) is 58.3 Å². The zero-order valence-electron chi connectivity index (χ0n) is 12.0. The third-order valence-corrected chi connectivity index (χ3v) is 3.74. The fraction of sp³-hybridized carbons (Fsp3) is 0.353. The highest BCUT2D eigenvalue weighted by atomic mass is 79.9. The average molecular weight is 350 g/mol. The Kier molecular flexibility index (Phi) is 6.70. The summed E-state index contributed by atoms with van der Waals surface area (Å²) in [7, 11) is 0. The van der Waals surface area contributed by atoms with Gasteiger partial charge in [-0.3, -0.25) is 4.98 Å². The molecule has 0 amide bonds. The van der Waals surface area contributed by atoms with Crippen molar-refractivity contribution < 1.29 is 9.84 Å². The number of ether oxygens (including phenoxy) is 1. The van der Waals surface area contributed by atoms with Crippen LogP contribution in [-0.4, -0.2) is 23.3 Å². The number of pyridine rings is 1. The van der Waals surface area contributed by atoms with Crippen LogP contribution in [0, 0.1) is 0 Å². The molecule has 0 fully saturated rings. The van der Waals surface area contributed by atoms with Gasteiger partial charge in [-0.1, -0.05) is 22.0 Å². The van der Waals surface area contributed by atoms with E-state index in [0.29, 0.717) is 6.61 Å². The van der Waals surface area contributed by atoms with Gasteiger partial charge in [0.2, 0.25) is 0 Å². The Morgan fingerprint density at radius 3 is 2.81 bits per heavy atom. The molecule has 4 heteroatoms. The SMILES string of the molecule is OCCCCc1cc(Br)ccc1OCCc1cccnc1. The van der Waals surface area contributed by atoms with Crippen molar-refractivity contribution in [3.63, 3.8) is 0 Å². The van der Waals surface area contributed by atoms with Crippen LogP contribution < -0.4 is 4.74 Å². The van der Waals surface area contributed by atoms with Crippen molar-refractivity contribution >= 4 is 15.9 Å². The Bertz CT molecular complexity index is 546. The molecule has 0 atom stereocenters. The Morgan fingerprint density at radius 1 is 1.14 bits per heavy atom. The average Bonchev–Trinajstić information content (AvgIpc) is 2.51. The van der Waals surface area contributed by atoms with Gasteiger partial charge in [0.1, 0.15) is 5.75 Å². The second kappa shape index (κ2) is 8.80. The molecule has 3 nitrogen and oxygen atoms in total. The summed E-state index contributed by atoms with van der Waals surface area (Å²) in [6, 6.07) is 10.1. The van der Waals surface area contributed by atoms with Crippen LogP contribution >= 0.6 is 15.9 Å². The summed E-state index contributed by atoms with van der Waals surface area (Å²) in [4.78, 5) is 4.10. The summed E-state index contributed by atoms with van der Waals surface area (Å²) in [5.74, 6) is 0.931. The number of nitrogens with zero attached hydrogens (tertiary/aromatic N) is 1. The van der Waals surface area contributed by atoms with Gasteiger partial charge in [-0.05, 0) is 54.7 Å². The molecule has 0 saturated heterocycles. The molecule has 1 heterocycles. The topological polar surface area (TPSA) is 42.4 Å². The summed E-state index contributed by atoms with van der Waals surface area (Å²) >= 11 is 3.50. The first-order valence-electron chi connectivity index (χ1n) is 7.20. The van der Waals surface area contributed by atoms with Crippen LogP contribution in [0.1, 0.15) is 24.0 Å². The second-order valence-electron chi connectivity index (χ2n) is 4.89. The Morgan fingerprint density at radius 2 is 2.05 bits per heavy atom. The standard InChI is InChI=1S/C17H20BrNO2/c18-16-6-7-17(15(12-16)5-1-2-10-20)21-11-8-14-4-3-9-19-13-14/h3-4,6-7,9,12-13,20H,1-2,5,8,10-11H2. The van der Waals surface area contributed by atoms with E-state index in [0.717, 1.165) is 35.9 Å². The number of hydrogen-bond donors (Lipinski definition) is 1. The van der Waals surface area contributed by atoms with E-state index < -0.39 is 0 Å². The lowest BCUT2D eigenvalue weighted by molar-refractivity contribution is 0.283. The van der Waals surface area contributed by atoms with Crippen molar-refractivity contribution in [2.75, 3.05) is 13.2 Å². The molecule has 0 aliphatic rings. The molecule has 0 spiro atoms. The van der Waals surface area contributed by atoms with Crippen molar-refractivity contribution in [2.45, 2.75) is 25.7 Å². The van der Waals surface area contributed by atoms with Gasteiger partial charge in [-0.25, -0.2) is 0 Å². The van der Waals surface area contributed by atoms with Gasteiger partial charge < -0.3 is 9.84 Å². The molecule has 2 rings (SSSR count). The Balaban J connectivity index is 1.92. The minimum atomic E-state index is 0.241. The predicted octanol–water partition coefficient (Wildman–Crippen LogP) is 3.78. The molecule has 2 aromatic rings. The van der Waals surface area contributed by atoms with Gasteiger partial charge in [0, 0.05) is 29.9 Å². The van der Waals surface area contributed by atoms with Crippen LogP contribution in [0.2, 0.25) is 0 Å². The number of aliphatic hydroxyl groups excluding tert-OH is 1. The third kappa shape index (κ3) is 5.48. The molecular formula is C17H20BrNO2. The van der Waals surface area contributed by atoms with Gasteiger partial charge in [-0.2, -0.15) is 0 Å². The number of unbranched alkanes of at least 4 members (excludes halogenated alkanes) is 1. The van der Waals surface area contributed by atoms with E-state index in [9.17, 15) is 0 Å². The summed E-state index contributed by atoms with van der Waals surface area (Å²) < 4.78 is 6.97. The molecule has 0 bridgehead atoms. The second-order valence-corrected chi connectivity index (χ2v) is 5.81. The summed E-state index contributed by atoms with van der Waals surface area (Å²) in [6.07, 6.45) is 7.20. The highest BCUT2D eigenvalue weighted by molar-refractivity contribution is 9.10. The summed E-state index contributed by atoms with van der Waals surface area (Å²) in [6.45, 7) is 0.880. The Hall–Kier alpha value is -1.39. The largest absolute Gasteiger partial charge is 0.493 e. The van der Waals surface area contributed by atoms with Crippen LogP contribution in [0.4, 0.5) is 0 Å². The lowest BCUT2D eigenvalue weighted by Gasteiger charge is -2.12. The molecule has 0 aliphatic heterocycles. The zero-order valence-corrected chi connectivity index (χ0v) is 13.6. The van der Waals surface area contributed by atoms with E-state index >= 15 is 0 Å². The molecule has 0 aliphatic carbocycles. The van der Waals surface area contributed by atoms with Crippen molar-refractivity contribution in [1.29, 1.82) is 0 Å². The molecular weight excluding hydrogens is 330 g/mol. The fourth-order valence-electron chi connectivity index (χ4n) is 2.14. The van der Waals surface area contributed by atoms with E-state index in [1.54, 1.807) is 6.20 Å². The van der Waals surface area contributed by atoms with E-state index in [2.05, 4.69) is 33.0 Å². The van der Waals surface area contributed by atoms with Crippen molar-refractivity contribution in [2.24, 2.45) is 0 Å². The number of benzene rings is 1. The van der Waals surface area contributed by atoms with Gasteiger partial charge >= 0.3 is 0 Å². The van der Waals surface area contributed by atoms with E-state index in [4.69, 9.17) is 9.84 Å². The molecule has 112 valence electrons. The van der Waals surface area contributed by atoms with E-state index in [1.165, 1.54) is 11.1 Å². The van der Waals surface area contributed by atoms with Crippen molar-refractivity contribution in [3.8, 4) is 5.75 Å². The first kappa shape index (κ1) is 16.0. The van der Waals surface area contributed by atoms with Crippen molar-refractivity contribution in [1.82, 2.24) is 4.98 Å². The van der Waals surface area contributed by atoms with Crippen LogP contribution in [0.5, 0.6) is 5.75 Å². The van der Waals surface area contributed by atoms with Crippen LogP contribution in [0.25, 0.3) is 0 Å². The first-order valence-corrected chi connectivity index (χ1v) is 8.00. The minimum Gasteiger partial charge on any atom is -0.493 e. The number of hydrogen-bond acceptors (Lipinski definition) is 3. The zero-order chi connectivity index (χ0) is 14.9. The fourth-order valence-corrected chi connectivity index (χ4v) is 2.54. The van der Waals surface area contributed by atoms with Gasteiger partial charge in [0.25, 0.3) is 0 Å². The highest BCUT2D eigenvalue weighted by Crippen LogP contribution is 2.25. The Labute approximate surface area is 134 Å². The molecule has 1 aromatic heterocycles. The molecule has 0 radical (unpaired) electrons. The number of aryl methyl sites for hydroxylation is 1. The maximum atomic E-state index is 8.89. The van der Waals surface area contributed by atoms with Crippen LogP contribution in [0.3, 0.4) is 0 Å². The number of aromatic nitrogens is 1. The monoisotopic (exact) mass is 349 g/mol. The van der Waals surface area contributed by atoms with Crippen LogP contribution in [0.15, 0.2) is 47.2 Å². The third-order valence-electron chi connectivity index (χ3n) is 3.25. The number of rotatable bonds is 8. The smallest absolute Gasteiger partial charge is 0.122 e. The quantitative estimate of drug-likeness (QED) is 0.737. The van der Waals surface area contributed by atoms with Crippen LogP contribution in [-0.2, 0) is 12.8 Å². The molecule has 21 heavy (non-hydrogen) atoms. The van der Waals surface area contributed by atoms with E-state index in [-0.39, 0.29) is 6.61 Å². The lowest BCUT2D eigenvalue weighted by atomic mass is 10.1. The first-order chi connectivity index (χ1) is 10.3. The maximum absolute atomic E-state index is 8.89. The minimum absolute atomic E-state index is 0.241. The molecule has 1 aromatic carbocycles. The normalized spacial score (nSPS) is 10.6. The highest BCUT2D eigenvalue weighted by Gasteiger charge is 2.05. The maximum Gasteiger partial charge on any atom is 0.122 e. The molecule has 0 saturated carbocycles. The molecule has 1 N–H and O–H groups in total. The van der Waals surface area contributed by atoms with Gasteiger partial charge in [-0.15, -0.1) is 0 Å². The number of aliphatic hydroxyl groups is 1. The summed E-state index contributed by atoms with van der Waals surface area (Å²) in [5.41, 5.74) is 2.36. The van der Waals surface area contributed by atoms with Gasteiger partial charge in [0.05, 0.1) is 6.61 Å². The van der Waals surface area contributed by atoms with E-state index in [1.807, 2.05) is 24.4 Å². The summed E-state index contributed by atoms with van der Waals surface area (Å²) in [5, 5.41) is 8.89. The lowest BCUT2D eigenvalue weighted by Crippen LogP contribution is -2.04. The predicted molar refractivity (Wildman–Crippen MR) is 87.6 cm³/mol. The molecule has 0 unspecified atom stereocenters.